The summed E-state index contributed by atoms with van der Waals surface area (Å²) >= 11 is 2.33. The van der Waals surface area contributed by atoms with Gasteiger partial charge in [0.1, 0.15) is 0 Å². The second-order valence-corrected chi connectivity index (χ2v) is 3.56. The van der Waals surface area contributed by atoms with Crippen LogP contribution in [-0.2, 0) is 9.53 Å². The van der Waals surface area contributed by atoms with E-state index in [4.69, 9.17) is 4.74 Å². The molecule has 0 aromatic carbocycles. The van der Waals surface area contributed by atoms with E-state index in [0.29, 0.717) is 6.61 Å². The predicted molar refractivity (Wildman–Crippen MR) is 47.2 cm³/mol. The van der Waals surface area contributed by atoms with Crippen LogP contribution in [-0.4, -0.2) is 17.0 Å². The van der Waals surface area contributed by atoms with Crippen molar-refractivity contribution < 1.29 is 9.53 Å². The van der Waals surface area contributed by atoms with Gasteiger partial charge in [-0.15, -0.1) is 0 Å². The summed E-state index contributed by atoms with van der Waals surface area (Å²) < 4.78 is 5.96. The minimum Gasteiger partial charge on any atom is -0.465 e. The molecule has 10 heavy (non-hydrogen) atoms. The number of hydrogen-bond donors (Lipinski definition) is 0. The summed E-state index contributed by atoms with van der Waals surface area (Å²) in [5.41, 5.74) is 0. The smallest absolute Gasteiger partial charge is 0.309 e. The lowest BCUT2D eigenvalue weighted by atomic mass is 10.0. The van der Waals surface area contributed by atoms with E-state index in [9.17, 15) is 4.79 Å². The van der Waals surface area contributed by atoms with Crippen LogP contribution in [0.15, 0.2) is 0 Å². The number of carbonyl (C=O) groups is 1. The van der Waals surface area contributed by atoms with Crippen molar-refractivity contribution in [3.05, 3.63) is 0 Å². The van der Waals surface area contributed by atoms with E-state index in [1.54, 1.807) is 0 Å². The van der Waals surface area contributed by atoms with Crippen LogP contribution >= 0.6 is 22.6 Å². The molecule has 0 bridgehead atoms. The Labute approximate surface area is 74.5 Å². The molecule has 1 heterocycles. The molecule has 1 atom stereocenters. The molecule has 0 spiro atoms. The van der Waals surface area contributed by atoms with Gasteiger partial charge >= 0.3 is 5.97 Å². The average molecular weight is 254 g/mol. The summed E-state index contributed by atoms with van der Waals surface area (Å²) in [6.07, 6.45) is 3.09. The molecule has 0 saturated carbocycles. The Morgan fingerprint density at radius 3 is 3.00 bits per heavy atom. The van der Waals surface area contributed by atoms with E-state index in [0.717, 1.165) is 23.7 Å². The van der Waals surface area contributed by atoms with Crippen molar-refractivity contribution in [2.75, 3.05) is 11.0 Å². The third-order valence-corrected chi connectivity index (χ3v) is 2.49. The number of esters is 1. The van der Waals surface area contributed by atoms with Gasteiger partial charge in [0.25, 0.3) is 0 Å². The molecular weight excluding hydrogens is 243 g/mol. The lowest BCUT2D eigenvalue weighted by Gasteiger charge is -2.00. The summed E-state index contributed by atoms with van der Waals surface area (Å²) in [5.74, 6) is 0.236. The molecule has 0 amide bonds. The van der Waals surface area contributed by atoms with Crippen LogP contribution in [0.3, 0.4) is 0 Å². The van der Waals surface area contributed by atoms with Crippen LogP contribution in [0, 0.1) is 5.92 Å². The molecule has 3 heteroatoms. The van der Waals surface area contributed by atoms with E-state index in [1.807, 2.05) is 0 Å². The molecule has 1 rings (SSSR count). The van der Waals surface area contributed by atoms with Gasteiger partial charge in [0.15, 0.2) is 0 Å². The number of halogens is 1. The van der Waals surface area contributed by atoms with Gasteiger partial charge in [-0.25, -0.2) is 0 Å². The summed E-state index contributed by atoms with van der Waals surface area (Å²) in [6.45, 7) is 0.644. The number of alkyl halides is 1. The molecule has 0 aliphatic carbocycles. The van der Waals surface area contributed by atoms with Gasteiger partial charge in [-0.1, -0.05) is 22.6 Å². The second kappa shape index (κ2) is 4.16. The third-order valence-electron chi connectivity index (χ3n) is 1.73. The first kappa shape index (κ1) is 8.30. The molecule has 1 aliphatic rings. The zero-order valence-electron chi connectivity index (χ0n) is 5.81. The number of cyclic esters (lactones) is 1. The fourth-order valence-corrected chi connectivity index (χ4v) is 1.56. The van der Waals surface area contributed by atoms with E-state index < -0.39 is 0 Å². The summed E-state index contributed by atoms with van der Waals surface area (Å²) in [7, 11) is 0. The van der Waals surface area contributed by atoms with Crippen molar-refractivity contribution in [2.45, 2.75) is 19.3 Å². The quantitative estimate of drug-likeness (QED) is 0.436. The summed E-state index contributed by atoms with van der Waals surface area (Å²) in [5, 5.41) is 0. The Balaban J connectivity index is 2.20. The van der Waals surface area contributed by atoms with Crippen molar-refractivity contribution in [3.8, 4) is 0 Å². The normalized spacial score (nSPS) is 24.9. The van der Waals surface area contributed by atoms with Crippen molar-refractivity contribution in [2.24, 2.45) is 5.92 Å². The van der Waals surface area contributed by atoms with E-state index in [2.05, 4.69) is 22.6 Å². The van der Waals surface area contributed by atoms with Crippen LogP contribution in [0.4, 0.5) is 0 Å². The van der Waals surface area contributed by atoms with Gasteiger partial charge < -0.3 is 4.74 Å². The van der Waals surface area contributed by atoms with Crippen LogP contribution in [0.5, 0.6) is 0 Å². The first-order valence-electron chi connectivity index (χ1n) is 3.57. The van der Waals surface area contributed by atoms with E-state index in [-0.39, 0.29) is 11.9 Å². The highest BCUT2D eigenvalue weighted by Gasteiger charge is 2.25. The first-order valence-corrected chi connectivity index (χ1v) is 5.09. The minimum absolute atomic E-state index is 0.0184. The van der Waals surface area contributed by atoms with Crippen LogP contribution in [0.25, 0.3) is 0 Å². The van der Waals surface area contributed by atoms with Gasteiger partial charge in [-0.2, -0.15) is 0 Å². The maximum Gasteiger partial charge on any atom is 0.309 e. The molecule has 0 aromatic heterocycles. The molecule has 1 saturated heterocycles. The third kappa shape index (κ3) is 2.11. The van der Waals surface area contributed by atoms with Crippen molar-refractivity contribution >= 4 is 28.6 Å². The van der Waals surface area contributed by atoms with Crippen LogP contribution < -0.4 is 0 Å². The van der Waals surface area contributed by atoms with Gasteiger partial charge in [0.05, 0.1) is 12.5 Å². The van der Waals surface area contributed by atoms with Gasteiger partial charge in [0.2, 0.25) is 0 Å². The molecule has 1 aliphatic heterocycles. The van der Waals surface area contributed by atoms with Gasteiger partial charge in [0, 0.05) is 0 Å². The fourth-order valence-electron chi connectivity index (χ4n) is 1.12. The summed E-state index contributed by atoms with van der Waals surface area (Å²) in [6, 6.07) is 0. The molecule has 2 nitrogen and oxygen atoms in total. The van der Waals surface area contributed by atoms with Crippen LogP contribution in [0.2, 0.25) is 0 Å². The maximum atomic E-state index is 10.9. The lowest BCUT2D eigenvalue weighted by molar-refractivity contribution is -0.141. The Morgan fingerprint density at radius 1 is 1.70 bits per heavy atom. The monoisotopic (exact) mass is 254 g/mol. The molecule has 1 fully saturated rings. The highest BCUT2D eigenvalue weighted by molar-refractivity contribution is 14.1. The SMILES string of the molecule is O=C1OCCC1CCCI. The average Bonchev–Trinajstić information content (AvgIpc) is 2.31. The predicted octanol–water partition coefficient (Wildman–Crippen LogP) is 1.76. The summed E-state index contributed by atoms with van der Waals surface area (Å²) in [4.78, 5) is 10.9. The van der Waals surface area contributed by atoms with Gasteiger partial charge in [-0.05, 0) is 23.7 Å². The topological polar surface area (TPSA) is 26.3 Å². The number of hydrogen-bond acceptors (Lipinski definition) is 2. The molecular formula is C7H11IO2. The number of ether oxygens (including phenoxy) is 1. The van der Waals surface area contributed by atoms with Crippen molar-refractivity contribution in [3.63, 3.8) is 0 Å². The zero-order valence-corrected chi connectivity index (χ0v) is 7.96. The zero-order chi connectivity index (χ0) is 7.40. The first-order chi connectivity index (χ1) is 4.84. The standard InChI is InChI=1S/C7H11IO2/c8-4-1-2-6-3-5-10-7(6)9/h6H,1-5H2. The Hall–Kier alpha value is 0.200. The number of rotatable bonds is 3. The highest BCUT2D eigenvalue weighted by atomic mass is 127. The molecule has 1 unspecified atom stereocenters. The van der Waals surface area contributed by atoms with Gasteiger partial charge in [-0.3, -0.25) is 4.79 Å². The minimum atomic E-state index is 0.0184. The molecule has 58 valence electrons. The number of carbonyl (C=O) groups excluding carboxylic acids is 1. The largest absolute Gasteiger partial charge is 0.465 e. The van der Waals surface area contributed by atoms with E-state index >= 15 is 0 Å². The highest BCUT2D eigenvalue weighted by Crippen LogP contribution is 2.19. The second-order valence-electron chi connectivity index (χ2n) is 2.48. The van der Waals surface area contributed by atoms with Crippen molar-refractivity contribution in [1.82, 2.24) is 0 Å². The Bertz CT molecular complexity index is 125. The lowest BCUT2D eigenvalue weighted by Crippen LogP contribution is -2.07. The molecule has 0 N–H and O–H groups in total. The molecule has 0 aromatic rings. The Morgan fingerprint density at radius 2 is 2.50 bits per heavy atom. The van der Waals surface area contributed by atoms with E-state index in [1.165, 1.54) is 0 Å². The Kier molecular flexibility index (Phi) is 3.45. The fraction of sp³-hybridized carbons (Fsp3) is 0.857. The maximum absolute atomic E-state index is 10.9. The van der Waals surface area contributed by atoms with Crippen LogP contribution in [0.1, 0.15) is 19.3 Å². The van der Waals surface area contributed by atoms with Crippen molar-refractivity contribution in [1.29, 1.82) is 0 Å². The molecule has 0 radical (unpaired) electrons.